The maximum absolute atomic E-state index is 13.3. The summed E-state index contributed by atoms with van der Waals surface area (Å²) in [5.74, 6) is 5.73. The van der Waals surface area contributed by atoms with Crippen molar-refractivity contribution in [2.75, 3.05) is 0 Å². The van der Waals surface area contributed by atoms with Gasteiger partial charge in [0.1, 0.15) is 11.5 Å². The number of benzene rings is 2. The SMILES string of the molecule is C[C@H]1Cc2c(c(C#Cc3ccc(S(N)(=O)=O)cc3)nn2-c2ccc(F)cc2)CO1. The minimum atomic E-state index is -3.74. The maximum Gasteiger partial charge on any atom is 0.238 e. The van der Waals surface area contributed by atoms with Gasteiger partial charge in [-0.3, -0.25) is 0 Å². The summed E-state index contributed by atoms with van der Waals surface area (Å²) < 4.78 is 43.6. The van der Waals surface area contributed by atoms with Gasteiger partial charge in [0.25, 0.3) is 0 Å². The van der Waals surface area contributed by atoms with E-state index in [4.69, 9.17) is 9.88 Å². The van der Waals surface area contributed by atoms with Crippen molar-refractivity contribution < 1.29 is 17.5 Å². The van der Waals surface area contributed by atoms with Gasteiger partial charge in [0.2, 0.25) is 10.0 Å². The van der Waals surface area contributed by atoms with Gasteiger partial charge in [-0.15, -0.1) is 0 Å². The van der Waals surface area contributed by atoms with E-state index in [-0.39, 0.29) is 16.8 Å². The van der Waals surface area contributed by atoms with Crippen LogP contribution in [0.4, 0.5) is 4.39 Å². The van der Waals surface area contributed by atoms with E-state index in [1.54, 1.807) is 28.9 Å². The van der Waals surface area contributed by atoms with Crippen LogP contribution in [0.25, 0.3) is 5.69 Å². The molecule has 1 aliphatic rings. The molecule has 1 aromatic heterocycles. The molecule has 1 aliphatic heterocycles. The van der Waals surface area contributed by atoms with E-state index in [0.29, 0.717) is 24.3 Å². The van der Waals surface area contributed by atoms with Gasteiger partial charge in [-0.2, -0.15) is 5.10 Å². The van der Waals surface area contributed by atoms with E-state index in [1.165, 1.54) is 24.3 Å². The molecule has 0 aliphatic carbocycles. The second-order valence-electron chi connectivity index (χ2n) is 6.81. The molecule has 0 unspecified atom stereocenters. The molecule has 0 spiro atoms. The summed E-state index contributed by atoms with van der Waals surface area (Å²) in [6.45, 7) is 2.38. The molecular formula is C21H18FN3O3S. The molecule has 8 heteroatoms. The largest absolute Gasteiger partial charge is 0.373 e. The number of sulfonamides is 1. The molecule has 0 amide bonds. The van der Waals surface area contributed by atoms with Gasteiger partial charge in [-0.25, -0.2) is 22.6 Å². The summed E-state index contributed by atoms with van der Waals surface area (Å²) in [7, 11) is -3.74. The van der Waals surface area contributed by atoms with Gasteiger partial charge in [0, 0.05) is 17.5 Å². The standard InChI is InChI=1S/C21H18FN3O3S/c1-14-12-21-19(13-28-14)20(24-25(21)17-7-5-16(22)6-8-17)11-4-15-2-9-18(10-3-15)29(23,26)27/h2-3,5-10,14H,12-13H2,1H3,(H2,23,26,27)/t14-/m0/s1. The highest BCUT2D eigenvalue weighted by atomic mass is 32.2. The summed E-state index contributed by atoms with van der Waals surface area (Å²) in [5, 5.41) is 9.74. The normalized spacial score (nSPS) is 16.0. The number of halogens is 1. The summed E-state index contributed by atoms with van der Waals surface area (Å²) in [4.78, 5) is 0.0309. The number of hydrogen-bond donors (Lipinski definition) is 1. The molecule has 1 atom stereocenters. The van der Waals surface area contributed by atoms with Crippen LogP contribution in [0.15, 0.2) is 53.4 Å². The highest BCUT2D eigenvalue weighted by Crippen LogP contribution is 2.26. The zero-order valence-corrected chi connectivity index (χ0v) is 16.4. The zero-order valence-electron chi connectivity index (χ0n) is 15.6. The van der Waals surface area contributed by atoms with Crippen LogP contribution in [0.1, 0.15) is 29.4 Å². The first kappa shape index (κ1) is 19.3. The van der Waals surface area contributed by atoms with Gasteiger partial charge in [0.05, 0.1) is 29.0 Å². The number of ether oxygens (including phenoxy) is 1. The Bertz CT molecular complexity index is 1220. The van der Waals surface area contributed by atoms with Crippen LogP contribution >= 0.6 is 0 Å². The van der Waals surface area contributed by atoms with E-state index in [0.717, 1.165) is 16.9 Å². The first-order valence-corrected chi connectivity index (χ1v) is 10.5. The van der Waals surface area contributed by atoms with Crippen molar-refractivity contribution in [1.82, 2.24) is 9.78 Å². The fourth-order valence-electron chi connectivity index (χ4n) is 3.16. The number of nitrogens with two attached hydrogens (primary N) is 1. The third-order valence-electron chi connectivity index (χ3n) is 4.66. The Morgan fingerprint density at radius 2 is 1.83 bits per heavy atom. The summed E-state index contributed by atoms with van der Waals surface area (Å²) in [6.07, 6.45) is 0.717. The Kier molecular flexibility index (Phi) is 4.96. The number of nitrogens with zero attached hydrogens (tertiary/aromatic N) is 2. The smallest absolute Gasteiger partial charge is 0.238 e. The first-order chi connectivity index (χ1) is 13.8. The van der Waals surface area contributed by atoms with Gasteiger partial charge < -0.3 is 4.74 Å². The van der Waals surface area contributed by atoms with Gasteiger partial charge in [-0.1, -0.05) is 5.92 Å². The number of aromatic nitrogens is 2. The van der Waals surface area contributed by atoms with Gasteiger partial charge >= 0.3 is 0 Å². The highest BCUT2D eigenvalue weighted by molar-refractivity contribution is 7.89. The molecule has 2 N–H and O–H groups in total. The van der Waals surface area contributed by atoms with Crippen molar-refractivity contribution in [1.29, 1.82) is 0 Å². The van der Waals surface area contributed by atoms with Crippen molar-refractivity contribution in [3.05, 3.63) is 76.9 Å². The quantitative estimate of drug-likeness (QED) is 0.657. The fourth-order valence-corrected chi connectivity index (χ4v) is 3.67. The molecular weight excluding hydrogens is 393 g/mol. The van der Waals surface area contributed by atoms with Gasteiger partial charge in [-0.05, 0) is 61.4 Å². The highest BCUT2D eigenvalue weighted by Gasteiger charge is 2.24. The lowest BCUT2D eigenvalue weighted by molar-refractivity contribution is 0.0397. The Morgan fingerprint density at radius 3 is 2.48 bits per heavy atom. The number of fused-ring (bicyclic) bond motifs is 1. The molecule has 4 rings (SSSR count). The van der Waals surface area contributed by atoms with Crippen LogP contribution in [-0.4, -0.2) is 24.3 Å². The van der Waals surface area contributed by atoms with Crippen molar-refractivity contribution in [2.24, 2.45) is 5.14 Å². The van der Waals surface area contributed by atoms with Crippen LogP contribution in [0.2, 0.25) is 0 Å². The van der Waals surface area contributed by atoms with E-state index in [2.05, 4.69) is 16.9 Å². The predicted molar refractivity (Wildman–Crippen MR) is 105 cm³/mol. The molecule has 0 saturated carbocycles. The zero-order chi connectivity index (χ0) is 20.6. The summed E-state index contributed by atoms with van der Waals surface area (Å²) >= 11 is 0. The average Bonchev–Trinajstić information content (AvgIpc) is 3.04. The molecule has 0 bridgehead atoms. The number of rotatable bonds is 2. The minimum absolute atomic E-state index is 0.0309. The molecule has 3 aromatic rings. The Labute approximate surface area is 168 Å². The monoisotopic (exact) mass is 411 g/mol. The van der Waals surface area contributed by atoms with E-state index >= 15 is 0 Å². The molecule has 2 aromatic carbocycles. The minimum Gasteiger partial charge on any atom is -0.373 e. The van der Waals surface area contributed by atoms with Crippen LogP contribution in [-0.2, 0) is 27.8 Å². The summed E-state index contributed by atoms with van der Waals surface area (Å²) in [6, 6.07) is 12.1. The Morgan fingerprint density at radius 1 is 1.14 bits per heavy atom. The van der Waals surface area contributed by atoms with Crippen LogP contribution < -0.4 is 5.14 Å². The topological polar surface area (TPSA) is 87.2 Å². The van der Waals surface area contributed by atoms with Gasteiger partial charge in [0.15, 0.2) is 0 Å². The lowest BCUT2D eigenvalue weighted by atomic mass is 10.1. The summed E-state index contributed by atoms with van der Waals surface area (Å²) in [5.41, 5.74) is 3.85. The van der Waals surface area contributed by atoms with Crippen molar-refractivity contribution >= 4 is 10.0 Å². The Balaban J connectivity index is 1.73. The lowest BCUT2D eigenvalue weighted by Crippen LogP contribution is -2.21. The molecule has 0 saturated heterocycles. The average molecular weight is 411 g/mol. The van der Waals surface area contributed by atoms with Crippen LogP contribution in [0, 0.1) is 17.7 Å². The first-order valence-electron chi connectivity index (χ1n) is 8.94. The second-order valence-corrected chi connectivity index (χ2v) is 8.37. The van der Waals surface area contributed by atoms with Crippen molar-refractivity contribution in [3.8, 4) is 17.5 Å². The lowest BCUT2D eigenvalue weighted by Gasteiger charge is -2.20. The van der Waals surface area contributed by atoms with Crippen molar-refractivity contribution in [3.63, 3.8) is 0 Å². The third kappa shape index (κ3) is 4.07. The van der Waals surface area contributed by atoms with Crippen LogP contribution in [0.5, 0.6) is 0 Å². The third-order valence-corrected chi connectivity index (χ3v) is 5.59. The fraction of sp³-hybridized carbons (Fsp3) is 0.190. The van der Waals surface area contributed by atoms with Crippen LogP contribution in [0.3, 0.4) is 0 Å². The second kappa shape index (κ2) is 7.44. The van der Waals surface area contributed by atoms with E-state index < -0.39 is 10.0 Å². The predicted octanol–water partition coefficient (Wildman–Crippen LogP) is 2.52. The number of hydrogen-bond acceptors (Lipinski definition) is 4. The molecule has 6 nitrogen and oxygen atoms in total. The molecule has 29 heavy (non-hydrogen) atoms. The Hall–Kier alpha value is -2.99. The molecule has 0 fully saturated rings. The van der Waals surface area contributed by atoms with Crippen molar-refractivity contribution in [2.45, 2.75) is 31.0 Å². The molecule has 0 radical (unpaired) electrons. The number of primary sulfonamides is 1. The maximum atomic E-state index is 13.3. The van der Waals surface area contributed by atoms with E-state index in [9.17, 15) is 12.8 Å². The molecule has 148 valence electrons. The van der Waals surface area contributed by atoms with E-state index in [1.807, 2.05) is 6.92 Å². The molecule has 2 heterocycles.